The number of aliphatic hydroxyl groups is 1. The molecular formula is C23H22ClF4NO5. The Bertz CT molecular complexity index is 1070. The maximum atomic E-state index is 14.9. The van der Waals surface area contributed by atoms with E-state index in [1.807, 2.05) is 0 Å². The lowest BCUT2D eigenvalue weighted by molar-refractivity contribution is -0.274. The van der Waals surface area contributed by atoms with Gasteiger partial charge in [0.05, 0.1) is 0 Å². The Morgan fingerprint density at radius 3 is 2.38 bits per heavy atom. The monoisotopic (exact) mass is 503 g/mol. The number of carboxylic acid groups (broad SMARTS) is 1. The number of carbonyl (C=O) groups is 1. The quantitative estimate of drug-likeness (QED) is 0.302. The topological polar surface area (TPSA) is 88.0 Å². The van der Waals surface area contributed by atoms with Gasteiger partial charge < -0.3 is 19.7 Å². The summed E-state index contributed by atoms with van der Waals surface area (Å²) in [5.74, 6) is -2.38. The van der Waals surface area contributed by atoms with E-state index in [2.05, 4.69) is 10.1 Å². The second-order valence-electron chi connectivity index (χ2n) is 8.53. The van der Waals surface area contributed by atoms with Crippen molar-refractivity contribution in [2.45, 2.75) is 56.8 Å². The van der Waals surface area contributed by atoms with Crippen LogP contribution in [0.25, 0.3) is 0 Å². The smallest absolute Gasteiger partial charge is 0.489 e. The molecule has 0 aliphatic heterocycles. The van der Waals surface area contributed by atoms with Crippen molar-refractivity contribution < 1.29 is 42.0 Å². The summed E-state index contributed by atoms with van der Waals surface area (Å²) >= 11 is 5.86. The number of halogens is 5. The predicted octanol–water partition coefficient (Wildman–Crippen LogP) is 5.28. The summed E-state index contributed by atoms with van der Waals surface area (Å²) in [6.07, 6.45) is -3.26. The molecule has 6 nitrogen and oxygen atoms in total. The molecule has 0 aromatic heterocycles. The van der Waals surface area contributed by atoms with Gasteiger partial charge in [-0.3, -0.25) is 10.1 Å². The molecule has 2 aliphatic carbocycles. The first kappa shape index (κ1) is 24.6. The van der Waals surface area contributed by atoms with Crippen LogP contribution in [0.2, 0.25) is 5.02 Å². The highest BCUT2D eigenvalue weighted by atomic mass is 35.5. The zero-order valence-corrected chi connectivity index (χ0v) is 18.5. The first-order valence-corrected chi connectivity index (χ1v) is 11.1. The van der Waals surface area contributed by atoms with Crippen LogP contribution in [0.15, 0.2) is 30.3 Å². The van der Waals surface area contributed by atoms with Gasteiger partial charge in [0.1, 0.15) is 36.2 Å². The van der Waals surface area contributed by atoms with Crippen LogP contribution in [-0.4, -0.2) is 28.6 Å². The van der Waals surface area contributed by atoms with Crippen LogP contribution in [0.1, 0.15) is 54.5 Å². The third kappa shape index (κ3) is 6.31. The molecule has 2 aliphatic rings. The number of hydrogen-bond donors (Lipinski definition) is 3. The Morgan fingerprint density at radius 1 is 1.12 bits per heavy atom. The van der Waals surface area contributed by atoms with Gasteiger partial charge >= 0.3 is 12.3 Å². The predicted molar refractivity (Wildman–Crippen MR) is 113 cm³/mol. The number of rotatable bonds is 10. The molecule has 2 aromatic rings. The minimum atomic E-state index is -4.89. The number of carboxylic acids is 1. The van der Waals surface area contributed by atoms with Crippen LogP contribution in [0.5, 0.6) is 11.5 Å². The fraction of sp³-hybridized carbons (Fsp3) is 0.435. The van der Waals surface area contributed by atoms with E-state index in [0.29, 0.717) is 5.56 Å². The van der Waals surface area contributed by atoms with Crippen molar-refractivity contribution in [3.05, 3.63) is 57.9 Å². The lowest BCUT2D eigenvalue weighted by Gasteiger charge is -2.21. The van der Waals surface area contributed by atoms with Gasteiger partial charge in [0.15, 0.2) is 0 Å². The molecule has 2 saturated carbocycles. The van der Waals surface area contributed by atoms with E-state index in [-0.39, 0.29) is 34.8 Å². The molecule has 2 fully saturated rings. The first-order valence-electron chi connectivity index (χ1n) is 10.7. The van der Waals surface area contributed by atoms with Crippen LogP contribution in [0.3, 0.4) is 0 Å². The second kappa shape index (κ2) is 9.59. The Morgan fingerprint density at radius 2 is 1.79 bits per heavy atom. The van der Waals surface area contributed by atoms with Crippen LogP contribution < -0.4 is 14.8 Å². The lowest BCUT2D eigenvalue weighted by atomic mass is 9.98. The number of ether oxygens (including phenoxy) is 2. The van der Waals surface area contributed by atoms with Gasteiger partial charge in [-0.1, -0.05) is 11.6 Å². The van der Waals surface area contributed by atoms with Crippen molar-refractivity contribution >= 4 is 17.6 Å². The third-order valence-electron chi connectivity index (χ3n) is 5.74. The number of hydrogen-bond acceptors (Lipinski definition) is 5. The van der Waals surface area contributed by atoms with Crippen molar-refractivity contribution in [1.29, 1.82) is 0 Å². The highest BCUT2D eigenvalue weighted by Crippen LogP contribution is 2.43. The van der Waals surface area contributed by atoms with E-state index in [1.165, 1.54) is 18.2 Å². The van der Waals surface area contributed by atoms with Gasteiger partial charge in [-0.25, -0.2) is 4.39 Å². The summed E-state index contributed by atoms with van der Waals surface area (Å²) in [5, 5.41) is 22.4. The molecule has 34 heavy (non-hydrogen) atoms. The number of alkyl halides is 3. The molecule has 2 atom stereocenters. The second-order valence-corrected chi connectivity index (χ2v) is 8.96. The van der Waals surface area contributed by atoms with Gasteiger partial charge in [0, 0.05) is 16.7 Å². The van der Waals surface area contributed by atoms with E-state index in [0.717, 1.165) is 43.4 Å². The lowest BCUT2D eigenvalue weighted by Crippen LogP contribution is -2.41. The largest absolute Gasteiger partial charge is 0.573 e. The summed E-state index contributed by atoms with van der Waals surface area (Å²) in [7, 11) is 0. The molecular weight excluding hydrogens is 482 g/mol. The minimum Gasteiger partial charge on any atom is -0.489 e. The standard InChI is InChI=1S/C23H22ClF4NO5/c24-14-6-15(8-16(7-14)34-23(26,27)28)33-10-13-5-19(25)18(9-17(13)11-1-2-11)21(30)29-20(22(31)32)12-3-4-12/h5-9,11-12,20-21,29-30H,1-4,10H2,(H,31,32)/t20-,21?/m0/s1. The van der Waals surface area contributed by atoms with E-state index < -0.39 is 36.2 Å². The number of aliphatic carboxylic acids is 1. The first-order chi connectivity index (χ1) is 16.0. The molecule has 184 valence electrons. The number of aliphatic hydroxyl groups excluding tert-OH is 1. The summed E-state index contributed by atoms with van der Waals surface area (Å²) < 4.78 is 61.9. The molecule has 0 spiro atoms. The molecule has 0 saturated heterocycles. The van der Waals surface area contributed by atoms with Crippen LogP contribution in [0.4, 0.5) is 17.6 Å². The molecule has 0 radical (unpaired) electrons. The molecule has 0 bridgehead atoms. The summed E-state index contributed by atoms with van der Waals surface area (Å²) in [6.45, 7) is -0.155. The molecule has 3 N–H and O–H groups in total. The van der Waals surface area contributed by atoms with Crippen LogP contribution in [0, 0.1) is 11.7 Å². The molecule has 11 heteroatoms. The maximum absolute atomic E-state index is 14.9. The maximum Gasteiger partial charge on any atom is 0.573 e. The fourth-order valence-corrected chi connectivity index (χ4v) is 4.05. The van der Waals surface area contributed by atoms with Crippen molar-refractivity contribution in [2.75, 3.05) is 0 Å². The zero-order chi connectivity index (χ0) is 24.6. The number of benzene rings is 2. The molecule has 2 aromatic carbocycles. The molecule has 0 amide bonds. The van der Waals surface area contributed by atoms with Crippen molar-refractivity contribution in [1.82, 2.24) is 5.32 Å². The highest BCUT2D eigenvalue weighted by Gasteiger charge is 2.38. The van der Waals surface area contributed by atoms with Crippen molar-refractivity contribution in [3.63, 3.8) is 0 Å². The van der Waals surface area contributed by atoms with Crippen LogP contribution in [-0.2, 0) is 11.4 Å². The van der Waals surface area contributed by atoms with Gasteiger partial charge in [-0.15, -0.1) is 13.2 Å². The highest BCUT2D eigenvalue weighted by molar-refractivity contribution is 6.30. The SMILES string of the molecule is O=C(O)[C@@H](NC(O)c1cc(C2CC2)c(COc2cc(Cl)cc(OC(F)(F)F)c2)cc1F)C1CC1. The Hall–Kier alpha value is -2.56. The molecule has 1 unspecified atom stereocenters. The van der Waals surface area contributed by atoms with E-state index >= 15 is 0 Å². The van der Waals surface area contributed by atoms with Crippen molar-refractivity contribution in [2.24, 2.45) is 5.92 Å². The Kier molecular flexibility index (Phi) is 6.93. The van der Waals surface area contributed by atoms with Gasteiger partial charge in [0.25, 0.3) is 0 Å². The Labute approximate surface area is 197 Å². The van der Waals surface area contributed by atoms with Gasteiger partial charge in [-0.2, -0.15) is 0 Å². The average Bonchev–Trinajstić information content (AvgIpc) is 3.61. The van der Waals surface area contributed by atoms with E-state index in [9.17, 15) is 32.6 Å². The summed E-state index contributed by atoms with van der Waals surface area (Å²) in [5.41, 5.74) is 1.12. The third-order valence-corrected chi connectivity index (χ3v) is 5.96. The minimum absolute atomic E-state index is 0.00779. The zero-order valence-electron chi connectivity index (χ0n) is 17.7. The molecule has 0 heterocycles. The van der Waals surface area contributed by atoms with Crippen molar-refractivity contribution in [3.8, 4) is 11.5 Å². The molecule has 4 rings (SSSR count). The Balaban J connectivity index is 1.52. The average molecular weight is 504 g/mol. The number of nitrogens with one attached hydrogen (secondary N) is 1. The fourth-order valence-electron chi connectivity index (χ4n) is 3.83. The van der Waals surface area contributed by atoms with E-state index in [4.69, 9.17) is 16.3 Å². The summed E-state index contributed by atoms with van der Waals surface area (Å²) in [6, 6.07) is 5.04. The van der Waals surface area contributed by atoms with E-state index in [1.54, 1.807) is 0 Å². The normalized spacial score (nSPS) is 17.8. The summed E-state index contributed by atoms with van der Waals surface area (Å²) in [4.78, 5) is 11.5. The van der Waals surface area contributed by atoms with Gasteiger partial charge in [0.2, 0.25) is 0 Å². The van der Waals surface area contributed by atoms with Crippen LogP contribution >= 0.6 is 11.6 Å². The van der Waals surface area contributed by atoms with Gasteiger partial charge in [-0.05, 0) is 72.9 Å².